The fraction of sp³-hybridized carbons (Fsp3) is 0.0769. The van der Waals surface area contributed by atoms with Crippen LogP contribution in [0.1, 0.15) is 5.56 Å². The second-order valence-electron chi connectivity index (χ2n) is 3.67. The van der Waals surface area contributed by atoms with Crippen LogP contribution in [-0.4, -0.2) is 0 Å². The van der Waals surface area contributed by atoms with E-state index in [1.54, 1.807) is 19.1 Å². The van der Waals surface area contributed by atoms with Gasteiger partial charge >= 0.3 is 0 Å². The van der Waals surface area contributed by atoms with Crippen LogP contribution in [0.25, 0.3) is 0 Å². The maximum Gasteiger partial charge on any atom is 0.165 e. The Morgan fingerprint density at radius 2 is 1.71 bits per heavy atom. The summed E-state index contributed by atoms with van der Waals surface area (Å²) in [7, 11) is 0. The molecule has 0 heterocycles. The maximum atomic E-state index is 13.3. The predicted molar refractivity (Wildman–Crippen MR) is 62.0 cm³/mol. The molecule has 2 N–H and O–H groups in total. The van der Waals surface area contributed by atoms with Crippen LogP contribution in [0, 0.1) is 18.6 Å². The highest BCUT2D eigenvalue weighted by atomic mass is 19.1. The molecule has 88 valence electrons. The molecule has 0 aliphatic heterocycles. The van der Waals surface area contributed by atoms with Crippen molar-refractivity contribution in [2.45, 2.75) is 6.92 Å². The summed E-state index contributed by atoms with van der Waals surface area (Å²) in [5, 5.41) is 0. The average molecular weight is 235 g/mol. The van der Waals surface area contributed by atoms with Gasteiger partial charge in [-0.3, -0.25) is 0 Å². The van der Waals surface area contributed by atoms with Gasteiger partial charge in [0.25, 0.3) is 0 Å². The third-order valence-electron chi connectivity index (χ3n) is 2.35. The molecule has 0 saturated carbocycles. The van der Waals surface area contributed by atoms with Gasteiger partial charge in [0, 0.05) is 6.07 Å². The summed E-state index contributed by atoms with van der Waals surface area (Å²) >= 11 is 0. The van der Waals surface area contributed by atoms with Gasteiger partial charge in [-0.1, -0.05) is 12.1 Å². The lowest BCUT2D eigenvalue weighted by Gasteiger charge is -2.10. The Bertz CT molecular complexity index is 555. The lowest BCUT2D eigenvalue weighted by atomic mass is 10.2. The summed E-state index contributed by atoms with van der Waals surface area (Å²) in [5.41, 5.74) is 6.13. The summed E-state index contributed by atoms with van der Waals surface area (Å²) < 4.78 is 31.8. The van der Waals surface area contributed by atoms with Gasteiger partial charge < -0.3 is 10.5 Å². The van der Waals surface area contributed by atoms with E-state index in [1.807, 2.05) is 0 Å². The Hall–Kier alpha value is -2.10. The molecule has 0 radical (unpaired) electrons. The van der Waals surface area contributed by atoms with Crippen LogP contribution in [0.15, 0.2) is 36.4 Å². The first-order valence-corrected chi connectivity index (χ1v) is 5.06. The summed E-state index contributed by atoms with van der Waals surface area (Å²) in [4.78, 5) is 0. The Labute approximate surface area is 97.6 Å². The SMILES string of the molecule is Cc1cc(Oc2ccccc2F)c(N)cc1F. The van der Waals surface area contributed by atoms with Crippen molar-refractivity contribution in [3.63, 3.8) is 0 Å². The summed E-state index contributed by atoms with van der Waals surface area (Å²) in [6.45, 7) is 1.59. The molecule has 0 aromatic heterocycles. The molecule has 2 rings (SSSR count). The number of benzene rings is 2. The van der Waals surface area contributed by atoms with Crippen molar-refractivity contribution in [2.24, 2.45) is 0 Å². The maximum absolute atomic E-state index is 13.3. The number of ether oxygens (including phenoxy) is 1. The minimum Gasteiger partial charge on any atom is -0.452 e. The molecule has 4 heteroatoms. The normalized spacial score (nSPS) is 10.3. The molecule has 0 unspecified atom stereocenters. The molecular formula is C13H11F2NO. The van der Waals surface area contributed by atoms with Gasteiger partial charge in [0.15, 0.2) is 17.3 Å². The van der Waals surface area contributed by atoms with E-state index >= 15 is 0 Å². The van der Waals surface area contributed by atoms with E-state index in [9.17, 15) is 8.78 Å². The monoisotopic (exact) mass is 235 g/mol. The molecule has 0 fully saturated rings. The molecule has 0 spiro atoms. The standard InChI is InChI=1S/C13H11F2NO/c1-8-6-13(11(16)7-10(8)15)17-12-5-3-2-4-9(12)14/h2-7H,16H2,1H3. The van der Waals surface area contributed by atoms with Crippen molar-refractivity contribution in [3.8, 4) is 11.5 Å². The summed E-state index contributed by atoms with van der Waals surface area (Å²) in [5.74, 6) is -0.600. The molecule has 17 heavy (non-hydrogen) atoms. The smallest absolute Gasteiger partial charge is 0.165 e. The number of para-hydroxylation sites is 1. The molecule has 0 atom stereocenters. The van der Waals surface area contributed by atoms with E-state index < -0.39 is 11.6 Å². The minimum absolute atomic E-state index is 0.0604. The first kappa shape index (κ1) is 11.4. The number of hydrogen-bond acceptors (Lipinski definition) is 2. The van der Waals surface area contributed by atoms with E-state index in [4.69, 9.17) is 10.5 Å². The second kappa shape index (κ2) is 4.41. The van der Waals surface area contributed by atoms with Gasteiger partial charge in [-0.2, -0.15) is 0 Å². The number of hydrogen-bond donors (Lipinski definition) is 1. The highest BCUT2D eigenvalue weighted by Gasteiger charge is 2.09. The van der Waals surface area contributed by atoms with Crippen LogP contribution in [0.4, 0.5) is 14.5 Å². The van der Waals surface area contributed by atoms with Crippen molar-refractivity contribution in [1.29, 1.82) is 0 Å². The van der Waals surface area contributed by atoms with Crippen LogP contribution in [0.3, 0.4) is 0 Å². The molecule has 2 aromatic rings. The van der Waals surface area contributed by atoms with Gasteiger partial charge in [-0.05, 0) is 30.7 Å². The van der Waals surface area contributed by atoms with E-state index in [0.717, 1.165) is 6.07 Å². The van der Waals surface area contributed by atoms with Gasteiger partial charge in [-0.15, -0.1) is 0 Å². The highest BCUT2D eigenvalue weighted by molar-refractivity contribution is 5.55. The average Bonchev–Trinajstić information content (AvgIpc) is 2.29. The third kappa shape index (κ3) is 2.36. The van der Waals surface area contributed by atoms with E-state index in [1.165, 1.54) is 18.2 Å². The van der Waals surface area contributed by atoms with Gasteiger partial charge in [0.2, 0.25) is 0 Å². The summed E-state index contributed by atoms with van der Waals surface area (Å²) in [6, 6.07) is 8.56. The van der Waals surface area contributed by atoms with E-state index in [0.29, 0.717) is 5.56 Å². The van der Waals surface area contributed by atoms with Crippen LogP contribution in [0.2, 0.25) is 0 Å². The summed E-state index contributed by atoms with van der Waals surface area (Å²) in [6.07, 6.45) is 0. The Balaban J connectivity index is 2.37. The van der Waals surface area contributed by atoms with Crippen molar-refractivity contribution in [1.82, 2.24) is 0 Å². The number of nitrogen functional groups attached to an aromatic ring is 1. The van der Waals surface area contributed by atoms with Crippen LogP contribution in [-0.2, 0) is 0 Å². The Morgan fingerprint density at radius 1 is 1.00 bits per heavy atom. The first-order chi connectivity index (χ1) is 8.08. The van der Waals surface area contributed by atoms with E-state index in [-0.39, 0.29) is 17.2 Å². The number of rotatable bonds is 2. The minimum atomic E-state index is -0.492. The van der Waals surface area contributed by atoms with Crippen molar-refractivity contribution < 1.29 is 13.5 Å². The lowest BCUT2D eigenvalue weighted by Crippen LogP contribution is -1.96. The Kier molecular flexibility index (Phi) is 2.95. The topological polar surface area (TPSA) is 35.2 Å². The van der Waals surface area contributed by atoms with Crippen molar-refractivity contribution in [2.75, 3.05) is 5.73 Å². The molecule has 2 nitrogen and oxygen atoms in total. The first-order valence-electron chi connectivity index (χ1n) is 5.06. The lowest BCUT2D eigenvalue weighted by molar-refractivity contribution is 0.442. The molecule has 2 aromatic carbocycles. The van der Waals surface area contributed by atoms with Gasteiger partial charge in [0.1, 0.15) is 5.82 Å². The van der Waals surface area contributed by atoms with Crippen molar-refractivity contribution >= 4 is 5.69 Å². The number of anilines is 1. The quantitative estimate of drug-likeness (QED) is 0.806. The van der Waals surface area contributed by atoms with Crippen LogP contribution in [0.5, 0.6) is 11.5 Å². The number of aryl methyl sites for hydroxylation is 1. The Morgan fingerprint density at radius 3 is 2.41 bits per heavy atom. The zero-order chi connectivity index (χ0) is 12.4. The molecule has 0 saturated heterocycles. The number of halogens is 2. The van der Waals surface area contributed by atoms with Crippen LogP contribution < -0.4 is 10.5 Å². The predicted octanol–water partition coefficient (Wildman–Crippen LogP) is 3.65. The zero-order valence-corrected chi connectivity index (χ0v) is 9.21. The molecule has 0 bridgehead atoms. The number of nitrogens with two attached hydrogens (primary N) is 1. The fourth-order valence-electron chi connectivity index (χ4n) is 1.40. The third-order valence-corrected chi connectivity index (χ3v) is 2.35. The van der Waals surface area contributed by atoms with Gasteiger partial charge in [0.05, 0.1) is 5.69 Å². The molecule has 0 aliphatic carbocycles. The van der Waals surface area contributed by atoms with Crippen LogP contribution >= 0.6 is 0 Å². The second-order valence-corrected chi connectivity index (χ2v) is 3.67. The van der Waals surface area contributed by atoms with Crippen molar-refractivity contribution in [3.05, 3.63) is 53.6 Å². The molecule has 0 aliphatic rings. The highest BCUT2D eigenvalue weighted by Crippen LogP contribution is 2.30. The fourth-order valence-corrected chi connectivity index (χ4v) is 1.40. The molecule has 0 amide bonds. The molecular weight excluding hydrogens is 224 g/mol. The largest absolute Gasteiger partial charge is 0.452 e. The zero-order valence-electron chi connectivity index (χ0n) is 9.21. The van der Waals surface area contributed by atoms with E-state index in [2.05, 4.69) is 0 Å². The van der Waals surface area contributed by atoms with Gasteiger partial charge in [-0.25, -0.2) is 8.78 Å².